The highest BCUT2D eigenvalue weighted by Crippen LogP contribution is 2.31. The Hall–Kier alpha value is -0.0300. The van der Waals surface area contributed by atoms with Gasteiger partial charge in [-0.2, -0.15) is 0 Å². The smallest absolute Gasteiger partial charge is 0.242 e. The first-order chi connectivity index (χ1) is 9.01. The van der Waals surface area contributed by atoms with Crippen LogP contribution in [0.4, 0.5) is 0 Å². The van der Waals surface area contributed by atoms with Gasteiger partial charge in [0.15, 0.2) is 0 Å². The third-order valence-corrected chi connectivity index (χ3v) is 5.82. The summed E-state index contributed by atoms with van der Waals surface area (Å²) in [7, 11) is -2.01. The van der Waals surface area contributed by atoms with Gasteiger partial charge in [-0.3, -0.25) is 0 Å². The summed E-state index contributed by atoms with van der Waals surface area (Å²) < 4.78 is 36.8. The monoisotopic (exact) mass is 373 g/mol. The van der Waals surface area contributed by atoms with Gasteiger partial charge in [0, 0.05) is 18.5 Å². The average molecular weight is 374 g/mol. The molecule has 0 bridgehead atoms. The molecule has 9 heteroatoms. The summed E-state index contributed by atoms with van der Waals surface area (Å²) in [5.41, 5.74) is 0. The molecule has 0 atom stereocenters. The lowest BCUT2D eigenvalue weighted by molar-refractivity contribution is 0.0736. The van der Waals surface area contributed by atoms with Gasteiger partial charge in [0.25, 0.3) is 0 Å². The second-order valence-corrected chi connectivity index (χ2v) is 7.70. The van der Waals surface area contributed by atoms with Gasteiger partial charge < -0.3 is 14.6 Å². The maximum atomic E-state index is 12.0. The number of hydrogen-bond acceptors (Lipinski definition) is 6. The molecule has 110 valence electrons. The van der Waals surface area contributed by atoms with Crippen molar-refractivity contribution in [1.82, 2.24) is 4.72 Å². The molecule has 0 radical (unpaired) electrons. The number of aliphatic hydroxyl groups excluding tert-OH is 1. The fourth-order valence-electron chi connectivity index (χ4n) is 1.23. The summed E-state index contributed by atoms with van der Waals surface area (Å²) in [5, 5.41) is 8.98. The molecule has 0 saturated heterocycles. The van der Waals surface area contributed by atoms with Gasteiger partial charge in [-0.15, -0.1) is 11.3 Å². The molecule has 0 aliphatic carbocycles. The van der Waals surface area contributed by atoms with Crippen LogP contribution >= 0.6 is 27.3 Å². The van der Waals surface area contributed by atoms with E-state index in [2.05, 4.69) is 20.7 Å². The van der Waals surface area contributed by atoms with Gasteiger partial charge in [-0.25, -0.2) is 13.1 Å². The van der Waals surface area contributed by atoms with Gasteiger partial charge >= 0.3 is 0 Å². The van der Waals surface area contributed by atoms with Crippen LogP contribution in [-0.4, -0.2) is 47.0 Å². The lowest BCUT2D eigenvalue weighted by Gasteiger charge is -2.06. The number of thiophene rings is 1. The first-order valence-corrected chi connectivity index (χ1v) is 8.56. The average Bonchev–Trinajstić information content (AvgIpc) is 2.76. The molecule has 6 nitrogen and oxygen atoms in total. The zero-order valence-corrected chi connectivity index (χ0v) is 13.6. The van der Waals surface area contributed by atoms with Crippen LogP contribution in [0.15, 0.2) is 14.7 Å². The number of methoxy groups -OCH3 is 1. The van der Waals surface area contributed by atoms with Crippen LogP contribution in [0, 0.1) is 0 Å². The molecule has 0 fully saturated rings. The van der Waals surface area contributed by atoms with Crippen LogP contribution in [0.2, 0.25) is 0 Å². The number of rotatable bonds is 9. The molecule has 1 aromatic rings. The zero-order valence-electron chi connectivity index (χ0n) is 10.4. The molecule has 0 spiro atoms. The third kappa shape index (κ3) is 5.46. The highest BCUT2D eigenvalue weighted by atomic mass is 79.9. The summed E-state index contributed by atoms with van der Waals surface area (Å²) in [6.45, 7) is 1.18. The Bertz CT molecular complexity index is 488. The van der Waals surface area contributed by atoms with Crippen LogP contribution in [0.25, 0.3) is 0 Å². The second-order valence-electron chi connectivity index (χ2n) is 3.51. The molecular weight excluding hydrogens is 358 g/mol. The number of halogens is 1. The molecule has 0 aliphatic rings. The highest BCUT2D eigenvalue weighted by Gasteiger charge is 2.20. The molecule has 0 unspecified atom stereocenters. The quantitative estimate of drug-likeness (QED) is 0.629. The van der Waals surface area contributed by atoms with E-state index in [0.717, 1.165) is 0 Å². The van der Waals surface area contributed by atoms with Crippen molar-refractivity contribution in [1.29, 1.82) is 0 Å². The molecule has 0 amide bonds. The summed E-state index contributed by atoms with van der Waals surface area (Å²) in [6.07, 6.45) is 0. The molecular formula is C10H16BrNO5S2. The Kier molecular flexibility index (Phi) is 7.44. The van der Waals surface area contributed by atoms with Crippen molar-refractivity contribution in [2.45, 2.75) is 11.5 Å². The maximum absolute atomic E-state index is 12.0. The molecule has 1 heterocycles. The zero-order chi connectivity index (χ0) is 14.3. The predicted molar refractivity (Wildman–Crippen MR) is 75.8 cm³/mol. The second kappa shape index (κ2) is 8.30. The number of sulfonamides is 1. The minimum Gasteiger partial charge on any atom is -0.391 e. The van der Waals surface area contributed by atoms with Crippen molar-refractivity contribution < 1.29 is 23.0 Å². The predicted octanol–water partition coefficient (Wildman–Crippen LogP) is 0.944. The minimum absolute atomic E-state index is 0.137. The van der Waals surface area contributed by atoms with E-state index < -0.39 is 10.0 Å². The van der Waals surface area contributed by atoms with E-state index in [9.17, 15) is 8.42 Å². The minimum atomic E-state index is -3.58. The van der Waals surface area contributed by atoms with E-state index >= 15 is 0 Å². The van der Waals surface area contributed by atoms with Crippen molar-refractivity contribution in [3.8, 4) is 0 Å². The number of hydrogen-bond donors (Lipinski definition) is 2. The Morgan fingerprint density at radius 2 is 2.16 bits per heavy atom. The molecule has 19 heavy (non-hydrogen) atoms. The van der Waals surface area contributed by atoms with E-state index in [1.165, 1.54) is 17.4 Å². The van der Waals surface area contributed by atoms with Crippen LogP contribution in [0.3, 0.4) is 0 Å². The summed E-state index contributed by atoms with van der Waals surface area (Å²) in [6, 6.07) is 1.45. The topological polar surface area (TPSA) is 84.9 Å². The molecule has 1 rings (SSSR count). The van der Waals surface area contributed by atoms with Gasteiger partial charge in [-0.05, 0) is 22.0 Å². The standard InChI is InChI=1S/C10H16BrNO5S2/c1-16-4-5-17-3-2-12-19(14,15)9-6-8(7-13)18-10(9)11/h6,12-13H,2-5,7H2,1H3. The molecule has 0 aliphatic heterocycles. The van der Waals surface area contributed by atoms with Crippen molar-refractivity contribution in [3.63, 3.8) is 0 Å². The molecule has 2 N–H and O–H groups in total. The summed E-state index contributed by atoms with van der Waals surface area (Å²) in [5.74, 6) is 0. The number of ether oxygens (including phenoxy) is 2. The normalized spacial score (nSPS) is 11.9. The van der Waals surface area contributed by atoms with Crippen LogP contribution in [0.5, 0.6) is 0 Å². The molecule has 0 aromatic carbocycles. The SMILES string of the molecule is COCCOCCNS(=O)(=O)c1cc(CO)sc1Br. The first kappa shape index (κ1) is 17.0. The lowest BCUT2D eigenvalue weighted by atomic mass is 10.5. The largest absolute Gasteiger partial charge is 0.391 e. The Labute approximate surface area is 124 Å². The Balaban J connectivity index is 2.49. The summed E-state index contributed by atoms with van der Waals surface area (Å²) in [4.78, 5) is 0.724. The van der Waals surface area contributed by atoms with Crippen molar-refractivity contribution in [3.05, 3.63) is 14.7 Å². The Morgan fingerprint density at radius 3 is 2.74 bits per heavy atom. The molecule has 0 saturated carbocycles. The summed E-state index contributed by atoms with van der Waals surface area (Å²) >= 11 is 4.37. The Morgan fingerprint density at radius 1 is 1.42 bits per heavy atom. The highest BCUT2D eigenvalue weighted by molar-refractivity contribution is 9.11. The lowest BCUT2D eigenvalue weighted by Crippen LogP contribution is -2.27. The van der Waals surface area contributed by atoms with E-state index in [1.54, 1.807) is 7.11 Å². The third-order valence-electron chi connectivity index (χ3n) is 2.12. The van der Waals surface area contributed by atoms with Crippen LogP contribution < -0.4 is 4.72 Å². The van der Waals surface area contributed by atoms with E-state index in [1.807, 2.05) is 0 Å². The van der Waals surface area contributed by atoms with E-state index in [-0.39, 0.29) is 24.7 Å². The first-order valence-electron chi connectivity index (χ1n) is 5.46. The van der Waals surface area contributed by atoms with Crippen LogP contribution in [-0.2, 0) is 26.1 Å². The number of aliphatic hydroxyl groups is 1. The van der Waals surface area contributed by atoms with Crippen LogP contribution in [0.1, 0.15) is 4.88 Å². The van der Waals surface area contributed by atoms with Gasteiger partial charge in [-0.1, -0.05) is 0 Å². The number of nitrogens with one attached hydrogen (secondary N) is 1. The van der Waals surface area contributed by atoms with Gasteiger partial charge in [0.1, 0.15) is 4.90 Å². The fourth-order valence-corrected chi connectivity index (χ4v) is 4.78. The van der Waals surface area contributed by atoms with Gasteiger partial charge in [0.05, 0.1) is 30.2 Å². The van der Waals surface area contributed by atoms with Gasteiger partial charge in [0.2, 0.25) is 10.0 Å². The van der Waals surface area contributed by atoms with E-state index in [4.69, 9.17) is 14.6 Å². The van der Waals surface area contributed by atoms with Crippen molar-refractivity contribution >= 4 is 37.3 Å². The van der Waals surface area contributed by atoms with Crippen molar-refractivity contribution in [2.24, 2.45) is 0 Å². The fraction of sp³-hybridized carbons (Fsp3) is 0.600. The molecule has 1 aromatic heterocycles. The maximum Gasteiger partial charge on any atom is 0.242 e. The van der Waals surface area contributed by atoms with E-state index in [0.29, 0.717) is 21.9 Å². The van der Waals surface area contributed by atoms with Crippen molar-refractivity contribution in [2.75, 3.05) is 33.5 Å².